The molecule has 1 unspecified atom stereocenters. The van der Waals surface area contributed by atoms with E-state index in [4.69, 9.17) is 27.9 Å². The van der Waals surface area contributed by atoms with Gasteiger partial charge in [-0.15, -0.1) is 0 Å². The van der Waals surface area contributed by atoms with Crippen LogP contribution in [0.15, 0.2) is 21.5 Å². The number of benzene rings is 1. The number of esters is 1. The summed E-state index contributed by atoms with van der Waals surface area (Å²) < 4.78 is 31.8. The van der Waals surface area contributed by atoms with Crippen LogP contribution in [0.2, 0.25) is 10.0 Å². The predicted molar refractivity (Wildman–Crippen MR) is 103 cm³/mol. The molecule has 26 heavy (non-hydrogen) atoms. The maximum absolute atomic E-state index is 12.3. The molecule has 0 aliphatic carbocycles. The third kappa shape index (κ3) is 7.03. The van der Waals surface area contributed by atoms with Crippen molar-refractivity contribution < 1.29 is 22.7 Å². The Kier molecular flexibility index (Phi) is 8.81. The molecule has 1 atom stereocenters. The van der Waals surface area contributed by atoms with Crippen LogP contribution in [0.3, 0.4) is 0 Å². The van der Waals surface area contributed by atoms with Gasteiger partial charge < -0.3 is 10.1 Å². The lowest BCUT2D eigenvalue weighted by Crippen LogP contribution is -2.39. The molecule has 2 N–H and O–H groups in total. The van der Waals surface area contributed by atoms with Crippen LogP contribution >= 0.6 is 39.1 Å². The number of carbonyl (C=O) groups is 2. The molecule has 0 aromatic heterocycles. The second kappa shape index (κ2) is 9.89. The number of carbonyl (C=O) groups excluding carboxylic acids is 2. The predicted octanol–water partition coefficient (Wildman–Crippen LogP) is 2.74. The second-order valence-corrected chi connectivity index (χ2v) is 9.22. The maximum Gasteiger partial charge on any atom is 0.321 e. The van der Waals surface area contributed by atoms with Crippen molar-refractivity contribution in [1.82, 2.24) is 10.0 Å². The maximum atomic E-state index is 12.3. The summed E-state index contributed by atoms with van der Waals surface area (Å²) in [6, 6.07) is 2.64. The molecule has 1 aromatic rings. The number of ether oxygens (including phenoxy) is 1. The molecule has 0 fully saturated rings. The smallest absolute Gasteiger partial charge is 0.321 e. The van der Waals surface area contributed by atoms with E-state index in [1.165, 1.54) is 12.1 Å². The lowest BCUT2D eigenvalue weighted by Gasteiger charge is -2.17. The topological polar surface area (TPSA) is 102 Å². The molecule has 7 nitrogen and oxygen atoms in total. The summed E-state index contributed by atoms with van der Waals surface area (Å²) in [7, 11) is -4.14. The molecule has 11 heteroatoms. The average molecular weight is 490 g/mol. The Morgan fingerprint density at radius 1 is 1.19 bits per heavy atom. The Morgan fingerprint density at radius 3 is 2.23 bits per heavy atom. The van der Waals surface area contributed by atoms with Crippen molar-refractivity contribution in [3.8, 4) is 0 Å². The molecule has 0 aliphatic rings. The van der Waals surface area contributed by atoms with Gasteiger partial charge in [-0.2, -0.15) is 4.72 Å². The molecule has 1 aromatic carbocycles. The van der Waals surface area contributed by atoms with Gasteiger partial charge in [-0.05, 0) is 25.0 Å². The van der Waals surface area contributed by atoms with Crippen molar-refractivity contribution in [2.75, 3.05) is 13.2 Å². The van der Waals surface area contributed by atoms with Gasteiger partial charge in [0, 0.05) is 10.5 Å². The minimum atomic E-state index is -4.14. The highest BCUT2D eigenvalue weighted by Gasteiger charge is 2.23. The van der Waals surface area contributed by atoms with Gasteiger partial charge >= 0.3 is 5.97 Å². The van der Waals surface area contributed by atoms with Crippen LogP contribution < -0.4 is 10.0 Å². The van der Waals surface area contributed by atoms with Gasteiger partial charge in [0.1, 0.15) is 11.4 Å². The SMILES string of the molecule is CC(C)C(C)NC(=O)COC(=O)CNS(=O)(=O)c1c(Cl)cc(Br)cc1Cl. The van der Waals surface area contributed by atoms with Crippen LogP contribution in [-0.2, 0) is 24.3 Å². The fourth-order valence-electron chi connectivity index (χ4n) is 1.67. The van der Waals surface area contributed by atoms with Crippen molar-refractivity contribution in [2.24, 2.45) is 5.92 Å². The third-order valence-electron chi connectivity index (χ3n) is 3.39. The van der Waals surface area contributed by atoms with E-state index in [2.05, 4.69) is 21.2 Å². The molecule has 1 rings (SSSR count). The monoisotopic (exact) mass is 488 g/mol. The molecule has 0 saturated carbocycles. The number of amides is 1. The zero-order chi connectivity index (χ0) is 20.1. The summed E-state index contributed by atoms with van der Waals surface area (Å²) in [5.41, 5.74) is 0. The number of hydrogen-bond acceptors (Lipinski definition) is 5. The molecule has 1 amide bonds. The minimum Gasteiger partial charge on any atom is -0.455 e. The van der Waals surface area contributed by atoms with Crippen LogP contribution in [0.5, 0.6) is 0 Å². The van der Waals surface area contributed by atoms with Gasteiger partial charge in [0.25, 0.3) is 5.91 Å². The van der Waals surface area contributed by atoms with Crippen molar-refractivity contribution in [3.05, 3.63) is 26.7 Å². The molecule has 0 spiro atoms. The highest BCUT2D eigenvalue weighted by molar-refractivity contribution is 9.10. The van der Waals surface area contributed by atoms with Gasteiger partial charge in [-0.1, -0.05) is 53.0 Å². The number of rotatable bonds is 8. The molecular weight excluding hydrogens is 471 g/mol. The van der Waals surface area contributed by atoms with Gasteiger partial charge in [0.2, 0.25) is 10.0 Å². The Bertz CT molecular complexity index is 763. The van der Waals surface area contributed by atoms with Gasteiger partial charge in [0.05, 0.1) is 10.0 Å². The second-order valence-electron chi connectivity index (χ2n) is 5.78. The molecular formula is C15H19BrCl2N2O5S. The third-order valence-corrected chi connectivity index (χ3v) is 6.17. The van der Waals surface area contributed by atoms with Crippen molar-refractivity contribution in [1.29, 1.82) is 0 Å². The molecule has 0 radical (unpaired) electrons. The Morgan fingerprint density at radius 2 is 1.73 bits per heavy atom. The van der Waals surface area contributed by atoms with E-state index in [1.807, 2.05) is 25.5 Å². The quantitative estimate of drug-likeness (QED) is 0.546. The number of halogens is 3. The summed E-state index contributed by atoms with van der Waals surface area (Å²) in [5, 5.41) is 2.45. The van der Waals surface area contributed by atoms with E-state index in [0.29, 0.717) is 4.47 Å². The summed E-state index contributed by atoms with van der Waals surface area (Å²) in [5.74, 6) is -1.16. The van der Waals surface area contributed by atoms with Crippen LogP contribution in [0, 0.1) is 5.92 Å². The van der Waals surface area contributed by atoms with Crippen molar-refractivity contribution in [3.63, 3.8) is 0 Å². The lowest BCUT2D eigenvalue weighted by molar-refractivity contribution is -0.147. The number of sulfonamides is 1. The fraction of sp³-hybridized carbons (Fsp3) is 0.467. The van der Waals surface area contributed by atoms with E-state index in [0.717, 1.165) is 0 Å². The standard InChI is InChI=1S/C15H19BrCl2N2O5S/c1-8(2)9(3)20-13(21)7-25-14(22)6-19-26(23,24)15-11(17)4-10(16)5-12(15)18/h4-5,8-9,19H,6-7H2,1-3H3,(H,20,21). The van der Waals surface area contributed by atoms with E-state index in [-0.39, 0.29) is 26.9 Å². The summed E-state index contributed by atoms with van der Waals surface area (Å²) in [6.07, 6.45) is 0. The number of hydrogen-bond donors (Lipinski definition) is 2. The zero-order valence-corrected chi connectivity index (χ0v) is 18.2. The highest BCUT2D eigenvalue weighted by Crippen LogP contribution is 2.32. The highest BCUT2D eigenvalue weighted by atomic mass is 79.9. The van der Waals surface area contributed by atoms with Gasteiger partial charge in [-0.3, -0.25) is 9.59 Å². The van der Waals surface area contributed by atoms with E-state index >= 15 is 0 Å². The van der Waals surface area contributed by atoms with E-state index in [9.17, 15) is 18.0 Å². The summed E-state index contributed by atoms with van der Waals surface area (Å²) >= 11 is 15.0. The van der Waals surface area contributed by atoms with E-state index < -0.39 is 35.1 Å². The molecule has 146 valence electrons. The van der Waals surface area contributed by atoms with Gasteiger partial charge in [-0.25, -0.2) is 8.42 Å². The first-order chi connectivity index (χ1) is 11.9. The lowest BCUT2D eigenvalue weighted by atomic mass is 10.1. The summed E-state index contributed by atoms with van der Waals surface area (Å²) in [4.78, 5) is 23.0. The van der Waals surface area contributed by atoms with Crippen molar-refractivity contribution in [2.45, 2.75) is 31.7 Å². The Labute approximate surface area is 170 Å². The minimum absolute atomic E-state index is 0.0820. The molecule has 0 bridgehead atoms. The molecule has 0 heterocycles. The molecule has 0 saturated heterocycles. The van der Waals surface area contributed by atoms with Crippen LogP contribution in [0.25, 0.3) is 0 Å². The number of nitrogens with one attached hydrogen (secondary N) is 2. The first-order valence-corrected chi connectivity index (χ1v) is 10.6. The van der Waals surface area contributed by atoms with Gasteiger partial charge in [0.15, 0.2) is 6.61 Å². The zero-order valence-electron chi connectivity index (χ0n) is 14.3. The van der Waals surface area contributed by atoms with Crippen LogP contribution in [-0.4, -0.2) is 39.5 Å². The first kappa shape index (κ1) is 23.2. The van der Waals surface area contributed by atoms with E-state index in [1.54, 1.807) is 0 Å². The molecule has 0 aliphatic heterocycles. The summed E-state index contributed by atoms with van der Waals surface area (Å²) in [6.45, 7) is 4.52. The normalized spacial score (nSPS) is 12.7. The van der Waals surface area contributed by atoms with Crippen LogP contribution in [0.1, 0.15) is 20.8 Å². The van der Waals surface area contributed by atoms with Crippen molar-refractivity contribution >= 4 is 61.0 Å². The Balaban J connectivity index is 2.61. The first-order valence-electron chi connectivity index (χ1n) is 7.53. The largest absolute Gasteiger partial charge is 0.455 e. The fourth-order valence-corrected chi connectivity index (χ4v) is 4.57. The average Bonchev–Trinajstić information content (AvgIpc) is 2.49. The van der Waals surface area contributed by atoms with Crippen LogP contribution in [0.4, 0.5) is 0 Å². The Hall–Kier alpha value is -0.870.